The van der Waals surface area contributed by atoms with Crippen molar-refractivity contribution in [3.63, 3.8) is 0 Å². The molecule has 2 N–H and O–H groups in total. The predicted molar refractivity (Wildman–Crippen MR) is 71.2 cm³/mol. The first-order valence-corrected chi connectivity index (χ1v) is 6.43. The third-order valence-corrected chi connectivity index (χ3v) is 2.98. The molecule has 0 aliphatic carbocycles. The largest absolute Gasteiger partial charge is 0.337 e. The van der Waals surface area contributed by atoms with Gasteiger partial charge in [0, 0.05) is 10.6 Å². The van der Waals surface area contributed by atoms with Crippen LogP contribution in [0.5, 0.6) is 0 Å². The topological polar surface area (TPSA) is 64.9 Å². The molecule has 0 aliphatic rings. The van der Waals surface area contributed by atoms with Crippen molar-refractivity contribution < 1.29 is 4.52 Å². The minimum atomic E-state index is -0.182. The molecule has 0 spiro atoms. The third kappa shape index (κ3) is 3.09. The summed E-state index contributed by atoms with van der Waals surface area (Å²) in [4.78, 5) is 4.32. The lowest BCUT2D eigenvalue weighted by Gasteiger charge is -2.03. The molecular weight excluding hydrogens is 250 g/mol. The molecule has 96 valence electrons. The fourth-order valence-corrected chi connectivity index (χ4v) is 1.78. The van der Waals surface area contributed by atoms with Crippen molar-refractivity contribution in [2.24, 2.45) is 5.73 Å². The lowest BCUT2D eigenvalue weighted by molar-refractivity contribution is 0.346. The van der Waals surface area contributed by atoms with Gasteiger partial charge < -0.3 is 10.3 Å². The van der Waals surface area contributed by atoms with Crippen molar-refractivity contribution in [2.45, 2.75) is 32.2 Å². The van der Waals surface area contributed by atoms with Crippen LogP contribution in [-0.2, 0) is 0 Å². The lowest BCUT2D eigenvalue weighted by Crippen LogP contribution is -2.10. The van der Waals surface area contributed by atoms with Crippen molar-refractivity contribution in [1.29, 1.82) is 0 Å². The minimum absolute atomic E-state index is 0.182. The van der Waals surface area contributed by atoms with E-state index < -0.39 is 0 Å². The van der Waals surface area contributed by atoms with E-state index in [2.05, 4.69) is 17.1 Å². The van der Waals surface area contributed by atoms with E-state index in [4.69, 9.17) is 21.9 Å². The Morgan fingerprint density at radius 3 is 2.72 bits per heavy atom. The highest BCUT2D eigenvalue weighted by Gasteiger charge is 2.15. The van der Waals surface area contributed by atoms with Crippen LogP contribution in [0.3, 0.4) is 0 Å². The molecule has 1 aromatic heterocycles. The van der Waals surface area contributed by atoms with Crippen LogP contribution in [0.1, 0.15) is 38.1 Å². The molecule has 2 aromatic rings. The molecule has 5 heteroatoms. The average Bonchev–Trinajstić information content (AvgIpc) is 2.86. The zero-order valence-electron chi connectivity index (χ0n) is 10.3. The molecule has 0 fully saturated rings. The highest BCUT2D eigenvalue weighted by molar-refractivity contribution is 6.30. The summed E-state index contributed by atoms with van der Waals surface area (Å²) in [6.07, 6.45) is 3.02. The van der Waals surface area contributed by atoms with Gasteiger partial charge in [-0.25, -0.2) is 0 Å². The summed E-state index contributed by atoms with van der Waals surface area (Å²) in [5.74, 6) is 1.04. The highest BCUT2D eigenvalue weighted by atomic mass is 35.5. The van der Waals surface area contributed by atoms with E-state index in [9.17, 15) is 0 Å². The average molecular weight is 266 g/mol. The van der Waals surface area contributed by atoms with Gasteiger partial charge in [0.2, 0.25) is 11.7 Å². The summed E-state index contributed by atoms with van der Waals surface area (Å²) < 4.78 is 5.19. The van der Waals surface area contributed by atoms with Crippen LogP contribution >= 0.6 is 11.6 Å². The summed E-state index contributed by atoms with van der Waals surface area (Å²) >= 11 is 5.83. The quantitative estimate of drug-likeness (QED) is 0.897. The van der Waals surface area contributed by atoms with E-state index in [0.29, 0.717) is 16.7 Å². The SMILES string of the molecule is CCCC[C@H](N)c1nc(-c2ccc(Cl)cc2)no1. The number of hydrogen-bond donors (Lipinski definition) is 1. The Hall–Kier alpha value is -1.39. The van der Waals surface area contributed by atoms with Gasteiger partial charge in [-0.15, -0.1) is 0 Å². The minimum Gasteiger partial charge on any atom is -0.337 e. The first kappa shape index (κ1) is 13.1. The number of nitrogens with zero attached hydrogens (tertiary/aromatic N) is 2. The monoisotopic (exact) mass is 265 g/mol. The maximum atomic E-state index is 5.98. The molecule has 0 amide bonds. The van der Waals surface area contributed by atoms with Crippen molar-refractivity contribution in [2.75, 3.05) is 0 Å². The van der Waals surface area contributed by atoms with Crippen molar-refractivity contribution >= 4 is 11.6 Å². The normalized spacial score (nSPS) is 12.6. The smallest absolute Gasteiger partial charge is 0.243 e. The van der Waals surface area contributed by atoms with Gasteiger partial charge in [0.25, 0.3) is 0 Å². The Labute approximate surface area is 111 Å². The second-order valence-corrected chi connectivity index (χ2v) is 4.65. The summed E-state index contributed by atoms with van der Waals surface area (Å²) in [5.41, 5.74) is 6.85. The number of hydrogen-bond acceptors (Lipinski definition) is 4. The Bertz CT molecular complexity index is 495. The molecule has 0 bridgehead atoms. The molecule has 18 heavy (non-hydrogen) atoms. The number of nitrogens with two attached hydrogens (primary N) is 1. The van der Waals surface area contributed by atoms with Crippen LogP contribution in [0.25, 0.3) is 11.4 Å². The molecule has 0 saturated heterocycles. The van der Waals surface area contributed by atoms with Gasteiger partial charge in [0.1, 0.15) is 0 Å². The van der Waals surface area contributed by atoms with E-state index in [-0.39, 0.29) is 6.04 Å². The number of halogens is 1. The molecule has 1 aromatic carbocycles. The maximum Gasteiger partial charge on any atom is 0.243 e. The Morgan fingerprint density at radius 2 is 2.06 bits per heavy atom. The number of unbranched alkanes of at least 4 members (excludes halogenated alkanes) is 1. The molecule has 4 nitrogen and oxygen atoms in total. The summed E-state index contributed by atoms with van der Waals surface area (Å²) in [5, 5.41) is 4.62. The number of benzene rings is 1. The molecule has 0 unspecified atom stereocenters. The first-order chi connectivity index (χ1) is 8.70. The molecule has 2 rings (SSSR count). The summed E-state index contributed by atoms with van der Waals surface area (Å²) in [7, 11) is 0. The lowest BCUT2D eigenvalue weighted by atomic mass is 10.1. The van der Waals surface area contributed by atoms with Crippen molar-refractivity contribution in [3.8, 4) is 11.4 Å². The van der Waals surface area contributed by atoms with Crippen LogP contribution in [0.4, 0.5) is 0 Å². The van der Waals surface area contributed by atoms with Gasteiger partial charge in [-0.3, -0.25) is 0 Å². The maximum absolute atomic E-state index is 5.98. The summed E-state index contributed by atoms with van der Waals surface area (Å²) in [6, 6.07) is 7.12. The molecule has 0 saturated carbocycles. The zero-order chi connectivity index (χ0) is 13.0. The van der Waals surface area contributed by atoms with Crippen LogP contribution in [-0.4, -0.2) is 10.1 Å². The van der Waals surface area contributed by atoms with Gasteiger partial charge in [-0.2, -0.15) is 4.98 Å². The van der Waals surface area contributed by atoms with E-state index in [1.165, 1.54) is 0 Å². The van der Waals surface area contributed by atoms with Gasteiger partial charge in [0.05, 0.1) is 6.04 Å². The van der Waals surface area contributed by atoms with Gasteiger partial charge >= 0.3 is 0 Å². The Balaban J connectivity index is 2.12. The first-order valence-electron chi connectivity index (χ1n) is 6.06. The second-order valence-electron chi connectivity index (χ2n) is 4.21. The fraction of sp³-hybridized carbons (Fsp3) is 0.385. The fourth-order valence-electron chi connectivity index (χ4n) is 1.65. The van der Waals surface area contributed by atoms with Gasteiger partial charge in [-0.1, -0.05) is 36.5 Å². The summed E-state index contributed by atoms with van der Waals surface area (Å²) in [6.45, 7) is 2.12. The molecule has 1 heterocycles. The van der Waals surface area contributed by atoms with Crippen LogP contribution in [0.15, 0.2) is 28.8 Å². The predicted octanol–water partition coefficient (Wildman–Crippen LogP) is 3.58. The van der Waals surface area contributed by atoms with E-state index in [0.717, 1.165) is 24.8 Å². The van der Waals surface area contributed by atoms with E-state index in [1.54, 1.807) is 12.1 Å². The number of rotatable bonds is 5. The van der Waals surface area contributed by atoms with Crippen LogP contribution in [0, 0.1) is 0 Å². The molecule has 1 atom stereocenters. The van der Waals surface area contributed by atoms with Gasteiger partial charge in [0.15, 0.2) is 0 Å². The highest BCUT2D eigenvalue weighted by Crippen LogP contribution is 2.21. The number of aromatic nitrogens is 2. The molecule has 0 radical (unpaired) electrons. The molecule has 0 aliphatic heterocycles. The third-order valence-electron chi connectivity index (χ3n) is 2.73. The molecular formula is C13H16ClN3O. The van der Waals surface area contributed by atoms with Crippen LogP contribution < -0.4 is 5.73 Å². The van der Waals surface area contributed by atoms with Crippen molar-refractivity contribution in [1.82, 2.24) is 10.1 Å². The van der Waals surface area contributed by atoms with E-state index >= 15 is 0 Å². The van der Waals surface area contributed by atoms with Gasteiger partial charge in [-0.05, 0) is 30.7 Å². The Kier molecular flexibility index (Phi) is 4.33. The standard InChI is InChI=1S/C13H16ClN3O/c1-2-3-4-11(15)13-16-12(17-18-13)9-5-7-10(14)8-6-9/h5-8,11H,2-4,15H2,1H3/t11-/m0/s1. The van der Waals surface area contributed by atoms with Crippen LogP contribution in [0.2, 0.25) is 5.02 Å². The van der Waals surface area contributed by atoms with Crippen molar-refractivity contribution in [3.05, 3.63) is 35.2 Å². The van der Waals surface area contributed by atoms with E-state index in [1.807, 2.05) is 12.1 Å². The Morgan fingerprint density at radius 1 is 1.33 bits per heavy atom. The zero-order valence-corrected chi connectivity index (χ0v) is 11.0. The second kappa shape index (κ2) is 5.98.